The summed E-state index contributed by atoms with van der Waals surface area (Å²) in [5, 5.41) is 10.2. The standard InChI is InChI=1S/C15H19FO2/c1-15(8-10-3-2-4-10)9-13(17)12-7-11(16)5-6-14(12)18-15/h5-7,10,13,17H,2-4,8-9H2,1H3. The third-order valence-electron chi connectivity index (χ3n) is 4.26. The van der Waals surface area contributed by atoms with Crippen LogP contribution in [0.3, 0.4) is 0 Å². The predicted octanol–water partition coefficient (Wildman–Crippen LogP) is 3.59. The molecule has 3 heteroatoms. The summed E-state index contributed by atoms with van der Waals surface area (Å²) in [7, 11) is 0. The van der Waals surface area contributed by atoms with Gasteiger partial charge in [-0.2, -0.15) is 0 Å². The average Bonchev–Trinajstić information content (AvgIpc) is 2.25. The summed E-state index contributed by atoms with van der Waals surface area (Å²) in [6, 6.07) is 4.40. The van der Waals surface area contributed by atoms with Crippen molar-refractivity contribution in [3.8, 4) is 5.75 Å². The minimum Gasteiger partial charge on any atom is -0.487 e. The Kier molecular flexibility index (Phi) is 2.81. The summed E-state index contributed by atoms with van der Waals surface area (Å²) in [6.07, 6.45) is 4.78. The molecule has 0 aromatic heterocycles. The van der Waals surface area contributed by atoms with Crippen LogP contribution in [0, 0.1) is 11.7 Å². The van der Waals surface area contributed by atoms with E-state index in [1.165, 1.54) is 31.4 Å². The number of halogens is 1. The maximum Gasteiger partial charge on any atom is 0.126 e. The summed E-state index contributed by atoms with van der Waals surface area (Å²) in [4.78, 5) is 0. The first-order valence-electron chi connectivity index (χ1n) is 6.72. The van der Waals surface area contributed by atoms with Gasteiger partial charge in [-0.15, -0.1) is 0 Å². The largest absolute Gasteiger partial charge is 0.487 e. The highest BCUT2D eigenvalue weighted by atomic mass is 19.1. The van der Waals surface area contributed by atoms with Crippen molar-refractivity contribution >= 4 is 0 Å². The minimum atomic E-state index is -0.616. The molecule has 2 nitrogen and oxygen atoms in total. The SMILES string of the molecule is CC1(CC2CCC2)CC(O)c2cc(F)ccc2O1. The molecule has 1 aromatic carbocycles. The molecule has 0 amide bonds. The van der Waals surface area contributed by atoms with Gasteiger partial charge in [-0.05, 0) is 37.5 Å². The van der Waals surface area contributed by atoms with Crippen molar-refractivity contribution in [3.63, 3.8) is 0 Å². The summed E-state index contributed by atoms with van der Waals surface area (Å²) in [5.41, 5.74) is 0.274. The number of rotatable bonds is 2. The Morgan fingerprint density at radius 3 is 2.89 bits per heavy atom. The molecule has 1 aromatic rings. The lowest BCUT2D eigenvalue weighted by Gasteiger charge is -2.42. The molecule has 0 spiro atoms. The number of hydrogen-bond donors (Lipinski definition) is 1. The maximum atomic E-state index is 13.2. The van der Waals surface area contributed by atoms with E-state index in [1.54, 1.807) is 6.07 Å². The van der Waals surface area contributed by atoms with E-state index in [2.05, 4.69) is 6.92 Å². The van der Waals surface area contributed by atoms with Crippen molar-refractivity contribution in [2.75, 3.05) is 0 Å². The van der Waals surface area contributed by atoms with Gasteiger partial charge in [0.1, 0.15) is 17.2 Å². The monoisotopic (exact) mass is 250 g/mol. The van der Waals surface area contributed by atoms with E-state index in [0.29, 0.717) is 17.7 Å². The summed E-state index contributed by atoms with van der Waals surface area (Å²) >= 11 is 0. The Hall–Kier alpha value is -1.09. The van der Waals surface area contributed by atoms with Crippen LogP contribution in [-0.4, -0.2) is 10.7 Å². The first kappa shape index (κ1) is 12.0. The Balaban J connectivity index is 1.83. The second-order valence-corrected chi connectivity index (χ2v) is 5.96. The third-order valence-corrected chi connectivity index (χ3v) is 4.26. The molecular formula is C15H19FO2. The lowest BCUT2D eigenvalue weighted by atomic mass is 9.75. The summed E-state index contributed by atoms with van der Waals surface area (Å²) in [6.45, 7) is 2.06. The molecule has 1 aliphatic carbocycles. The van der Waals surface area contributed by atoms with Gasteiger partial charge in [-0.1, -0.05) is 19.3 Å². The van der Waals surface area contributed by atoms with E-state index in [-0.39, 0.29) is 11.4 Å². The lowest BCUT2D eigenvalue weighted by molar-refractivity contribution is -0.0250. The van der Waals surface area contributed by atoms with Crippen molar-refractivity contribution in [3.05, 3.63) is 29.6 Å². The van der Waals surface area contributed by atoms with Crippen molar-refractivity contribution < 1.29 is 14.2 Å². The Morgan fingerprint density at radius 1 is 1.44 bits per heavy atom. The predicted molar refractivity (Wildman–Crippen MR) is 67.0 cm³/mol. The molecule has 0 radical (unpaired) electrons. The van der Waals surface area contributed by atoms with Crippen LogP contribution in [0.4, 0.5) is 4.39 Å². The molecule has 18 heavy (non-hydrogen) atoms. The number of aliphatic hydroxyl groups is 1. The van der Waals surface area contributed by atoms with Crippen LogP contribution in [0.5, 0.6) is 5.75 Å². The first-order chi connectivity index (χ1) is 8.56. The average molecular weight is 250 g/mol. The molecule has 1 aliphatic heterocycles. The molecule has 98 valence electrons. The zero-order chi connectivity index (χ0) is 12.8. The summed E-state index contributed by atoms with van der Waals surface area (Å²) < 4.78 is 19.2. The highest BCUT2D eigenvalue weighted by molar-refractivity contribution is 5.38. The maximum absolute atomic E-state index is 13.2. The van der Waals surface area contributed by atoms with Crippen LogP contribution in [0.25, 0.3) is 0 Å². The Bertz CT molecular complexity index is 456. The van der Waals surface area contributed by atoms with Crippen LogP contribution < -0.4 is 4.74 Å². The first-order valence-corrected chi connectivity index (χ1v) is 6.72. The van der Waals surface area contributed by atoms with Crippen LogP contribution in [0.2, 0.25) is 0 Å². The van der Waals surface area contributed by atoms with E-state index in [0.717, 1.165) is 12.3 Å². The number of hydrogen-bond acceptors (Lipinski definition) is 2. The molecule has 2 unspecified atom stereocenters. The van der Waals surface area contributed by atoms with E-state index < -0.39 is 6.10 Å². The smallest absolute Gasteiger partial charge is 0.126 e. The molecular weight excluding hydrogens is 231 g/mol. The second-order valence-electron chi connectivity index (χ2n) is 5.96. The van der Waals surface area contributed by atoms with Gasteiger partial charge in [-0.25, -0.2) is 4.39 Å². The number of ether oxygens (including phenoxy) is 1. The molecule has 2 aliphatic rings. The normalized spacial score (nSPS) is 31.4. The number of benzene rings is 1. The van der Waals surface area contributed by atoms with Gasteiger partial charge in [0.05, 0.1) is 6.10 Å². The number of aliphatic hydroxyl groups excluding tert-OH is 1. The molecule has 1 saturated carbocycles. The fourth-order valence-electron chi connectivity index (χ4n) is 3.13. The van der Waals surface area contributed by atoms with Crippen molar-refractivity contribution in [1.29, 1.82) is 0 Å². The Labute approximate surface area is 107 Å². The molecule has 0 saturated heterocycles. The van der Waals surface area contributed by atoms with Gasteiger partial charge in [0.2, 0.25) is 0 Å². The summed E-state index contributed by atoms with van der Waals surface area (Å²) in [5.74, 6) is 1.04. The zero-order valence-electron chi connectivity index (χ0n) is 10.7. The van der Waals surface area contributed by atoms with Gasteiger partial charge in [0, 0.05) is 12.0 Å². The van der Waals surface area contributed by atoms with Gasteiger partial charge in [0.25, 0.3) is 0 Å². The van der Waals surface area contributed by atoms with Crippen molar-refractivity contribution in [1.82, 2.24) is 0 Å². The van der Waals surface area contributed by atoms with Gasteiger partial charge in [-0.3, -0.25) is 0 Å². The van der Waals surface area contributed by atoms with Crippen LogP contribution in [0.15, 0.2) is 18.2 Å². The fraction of sp³-hybridized carbons (Fsp3) is 0.600. The van der Waals surface area contributed by atoms with Crippen molar-refractivity contribution in [2.45, 2.75) is 50.7 Å². The van der Waals surface area contributed by atoms with Crippen LogP contribution >= 0.6 is 0 Å². The van der Waals surface area contributed by atoms with Gasteiger partial charge in [0.15, 0.2) is 0 Å². The number of fused-ring (bicyclic) bond motifs is 1. The quantitative estimate of drug-likeness (QED) is 0.869. The molecule has 2 atom stereocenters. The minimum absolute atomic E-state index is 0.310. The van der Waals surface area contributed by atoms with Gasteiger partial charge < -0.3 is 9.84 Å². The van der Waals surface area contributed by atoms with E-state index in [9.17, 15) is 9.50 Å². The third kappa shape index (κ3) is 2.12. The van der Waals surface area contributed by atoms with Crippen LogP contribution in [0.1, 0.15) is 50.7 Å². The molecule has 3 rings (SSSR count). The molecule has 0 bridgehead atoms. The van der Waals surface area contributed by atoms with E-state index >= 15 is 0 Å². The highest BCUT2D eigenvalue weighted by Gasteiger charge is 2.39. The topological polar surface area (TPSA) is 29.5 Å². The molecule has 1 fully saturated rings. The Morgan fingerprint density at radius 2 is 2.22 bits per heavy atom. The lowest BCUT2D eigenvalue weighted by Crippen LogP contribution is -2.41. The van der Waals surface area contributed by atoms with Gasteiger partial charge >= 0.3 is 0 Å². The van der Waals surface area contributed by atoms with E-state index in [1.807, 2.05) is 0 Å². The van der Waals surface area contributed by atoms with Crippen molar-refractivity contribution in [2.24, 2.45) is 5.92 Å². The fourth-order valence-corrected chi connectivity index (χ4v) is 3.13. The highest BCUT2D eigenvalue weighted by Crippen LogP contribution is 2.45. The van der Waals surface area contributed by atoms with E-state index in [4.69, 9.17) is 4.74 Å². The second kappa shape index (κ2) is 4.23. The zero-order valence-corrected chi connectivity index (χ0v) is 10.7. The molecule has 1 heterocycles. The van der Waals surface area contributed by atoms with Crippen LogP contribution in [-0.2, 0) is 0 Å². The molecule has 1 N–H and O–H groups in total.